The molecule has 4 aromatic rings. The van der Waals surface area contributed by atoms with Crippen LogP contribution in [0.1, 0.15) is 6.42 Å². The highest BCUT2D eigenvalue weighted by Gasteiger charge is 2.06. The van der Waals surface area contributed by atoms with Gasteiger partial charge in [0.05, 0.1) is 6.42 Å². The molecule has 0 atom stereocenters. The molecule has 6 heteroatoms. The molecule has 4 aromatic heterocycles. The fraction of sp³-hybridized carbons (Fsp3) is 0.130. The molecule has 0 unspecified atom stereocenters. The zero-order valence-electron chi connectivity index (χ0n) is 15.9. The zero-order valence-corrected chi connectivity index (χ0v) is 19.1. The molecule has 4 heterocycles. The van der Waals surface area contributed by atoms with E-state index in [1.165, 1.54) is 22.3 Å². The van der Waals surface area contributed by atoms with Crippen molar-refractivity contribution >= 4 is 0 Å². The van der Waals surface area contributed by atoms with Gasteiger partial charge in [-0.1, -0.05) is 0 Å². The molecule has 0 saturated carbocycles. The van der Waals surface area contributed by atoms with Crippen LogP contribution in [-0.4, -0.2) is 9.97 Å². The maximum Gasteiger partial charge on any atom is 0.169 e. The molecule has 4 rings (SSSR count). The summed E-state index contributed by atoms with van der Waals surface area (Å²) in [6.45, 7) is 1.99. The summed E-state index contributed by atoms with van der Waals surface area (Å²) in [6, 6.07) is 16.8. The summed E-state index contributed by atoms with van der Waals surface area (Å²) in [5.74, 6) is 0. The van der Waals surface area contributed by atoms with Gasteiger partial charge in [0.15, 0.2) is 37.9 Å². The van der Waals surface area contributed by atoms with Crippen LogP contribution in [0.3, 0.4) is 0 Å². The van der Waals surface area contributed by atoms with Crippen LogP contribution >= 0.6 is 0 Å². The molecule has 0 amide bonds. The van der Waals surface area contributed by atoms with Gasteiger partial charge in [0.25, 0.3) is 0 Å². The van der Waals surface area contributed by atoms with Crippen molar-refractivity contribution in [2.24, 2.45) is 0 Å². The van der Waals surface area contributed by atoms with Gasteiger partial charge in [-0.05, 0) is 46.5 Å². The van der Waals surface area contributed by atoms with E-state index in [2.05, 4.69) is 68.2 Å². The van der Waals surface area contributed by atoms with Crippen LogP contribution in [0.25, 0.3) is 22.3 Å². The molecule has 0 spiro atoms. The van der Waals surface area contributed by atoms with Crippen LogP contribution in [0.5, 0.6) is 0 Å². The normalized spacial score (nSPS) is 9.93. The minimum absolute atomic E-state index is 0. The largest absolute Gasteiger partial charge is 1.00 e. The second-order valence-corrected chi connectivity index (χ2v) is 6.47. The Morgan fingerprint density at radius 3 is 1.14 bits per heavy atom. The van der Waals surface area contributed by atoms with Crippen molar-refractivity contribution in [2.45, 2.75) is 19.5 Å². The highest BCUT2D eigenvalue weighted by molar-refractivity contribution is 5.61. The summed E-state index contributed by atoms with van der Waals surface area (Å²) in [4.78, 5) is 8.14. The van der Waals surface area contributed by atoms with Gasteiger partial charge in [-0.25, -0.2) is 9.13 Å². The SMILES string of the molecule is [Br-].[Br-].c1cc(-c2cc[n+](CCC[n+]3ccc(-c4ccncc4)cc3)cc2)ccn1. The van der Waals surface area contributed by atoms with E-state index < -0.39 is 0 Å². The van der Waals surface area contributed by atoms with Gasteiger partial charge in [-0.15, -0.1) is 0 Å². The average Bonchev–Trinajstić information content (AvgIpc) is 2.76. The van der Waals surface area contributed by atoms with E-state index in [1.54, 1.807) is 0 Å². The first kappa shape index (κ1) is 22.8. The van der Waals surface area contributed by atoms with E-state index >= 15 is 0 Å². The van der Waals surface area contributed by atoms with Gasteiger partial charge in [0.1, 0.15) is 0 Å². The predicted molar refractivity (Wildman–Crippen MR) is 104 cm³/mol. The molecule has 0 aliphatic rings. The number of rotatable bonds is 6. The number of pyridine rings is 4. The summed E-state index contributed by atoms with van der Waals surface area (Å²) in [7, 11) is 0. The van der Waals surface area contributed by atoms with Crippen LogP contribution < -0.4 is 43.1 Å². The van der Waals surface area contributed by atoms with Crippen molar-refractivity contribution in [3.05, 3.63) is 98.1 Å². The first-order valence-corrected chi connectivity index (χ1v) is 9.17. The lowest BCUT2D eigenvalue weighted by atomic mass is 10.1. The molecule has 0 fully saturated rings. The first-order valence-electron chi connectivity index (χ1n) is 9.17. The van der Waals surface area contributed by atoms with Gasteiger partial charge >= 0.3 is 0 Å². The van der Waals surface area contributed by atoms with E-state index in [0.717, 1.165) is 19.5 Å². The Morgan fingerprint density at radius 2 is 0.793 bits per heavy atom. The van der Waals surface area contributed by atoms with Gasteiger partial charge in [0, 0.05) is 49.1 Å². The number of hydrogen-bond donors (Lipinski definition) is 0. The molecule has 0 aliphatic heterocycles. The quantitative estimate of drug-likeness (QED) is 0.267. The fourth-order valence-electron chi connectivity index (χ4n) is 3.12. The Balaban J connectivity index is 0.00000150. The molecular weight excluding hydrogens is 492 g/mol. The number of aromatic nitrogens is 4. The molecule has 4 nitrogen and oxygen atoms in total. The van der Waals surface area contributed by atoms with Crippen LogP contribution in [-0.2, 0) is 13.1 Å². The zero-order chi connectivity index (χ0) is 18.3. The maximum absolute atomic E-state index is 4.07. The van der Waals surface area contributed by atoms with Gasteiger partial charge in [-0.2, -0.15) is 0 Å². The molecule has 0 saturated heterocycles. The minimum atomic E-state index is 0. The molecule has 0 bridgehead atoms. The van der Waals surface area contributed by atoms with Gasteiger partial charge in [0.2, 0.25) is 0 Å². The smallest absolute Gasteiger partial charge is 0.169 e. The first-order chi connectivity index (χ1) is 13.4. The van der Waals surface area contributed by atoms with E-state index in [1.807, 2.05) is 49.1 Å². The lowest BCUT2D eigenvalue weighted by molar-refractivity contribution is -0.726. The Labute approximate surface area is 192 Å². The third-order valence-corrected chi connectivity index (χ3v) is 4.64. The predicted octanol–water partition coefficient (Wildman–Crippen LogP) is -2.52. The van der Waals surface area contributed by atoms with Crippen molar-refractivity contribution in [2.75, 3.05) is 0 Å². The van der Waals surface area contributed by atoms with Crippen molar-refractivity contribution < 1.29 is 43.1 Å². The lowest BCUT2D eigenvalue weighted by Crippen LogP contribution is -3.00. The number of aryl methyl sites for hydroxylation is 2. The van der Waals surface area contributed by atoms with Crippen molar-refractivity contribution in [1.82, 2.24) is 9.97 Å². The van der Waals surface area contributed by atoms with E-state index in [4.69, 9.17) is 0 Å². The summed E-state index contributed by atoms with van der Waals surface area (Å²) in [6.07, 6.45) is 17.0. The molecule has 29 heavy (non-hydrogen) atoms. The summed E-state index contributed by atoms with van der Waals surface area (Å²) in [5, 5.41) is 0. The van der Waals surface area contributed by atoms with Crippen LogP contribution in [0, 0.1) is 0 Å². The van der Waals surface area contributed by atoms with Crippen molar-refractivity contribution in [3.8, 4) is 22.3 Å². The Kier molecular flexibility index (Phi) is 9.09. The highest BCUT2D eigenvalue weighted by Crippen LogP contribution is 2.16. The topological polar surface area (TPSA) is 33.5 Å². The Bertz CT molecular complexity index is 894. The average molecular weight is 514 g/mol. The second kappa shape index (κ2) is 11.5. The molecule has 148 valence electrons. The van der Waals surface area contributed by atoms with Crippen LogP contribution in [0.15, 0.2) is 98.1 Å². The summed E-state index contributed by atoms with van der Waals surface area (Å²) < 4.78 is 4.47. The monoisotopic (exact) mass is 512 g/mol. The lowest BCUT2D eigenvalue weighted by Gasteiger charge is -2.01. The highest BCUT2D eigenvalue weighted by atomic mass is 79.9. The Hall–Kier alpha value is -2.44. The van der Waals surface area contributed by atoms with E-state index in [0.29, 0.717) is 0 Å². The number of halogens is 2. The molecular formula is C23H22Br2N4. The number of nitrogens with zero attached hydrogens (tertiary/aromatic N) is 4. The van der Waals surface area contributed by atoms with E-state index in [9.17, 15) is 0 Å². The summed E-state index contributed by atoms with van der Waals surface area (Å²) >= 11 is 0. The van der Waals surface area contributed by atoms with Crippen molar-refractivity contribution in [1.29, 1.82) is 0 Å². The van der Waals surface area contributed by atoms with Crippen molar-refractivity contribution in [3.63, 3.8) is 0 Å². The molecule has 0 aromatic carbocycles. The Morgan fingerprint density at radius 1 is 0.483 bits per heavy atom. The maximum atomic E-state index is 4.07. The third kappa shape index (κ3) is 6.27. The minimum Gasteiger partial charge on any atom is -1.00 e. The van der Waals surface area contributed by atoms with Gasteiger partial charge < -0.3 is 34.0 Å². The number of hydrogen-bond acceptors (Lipinski definition) is 2. The second-order valence-electron chi connectivity index (χ2n) is 6.47. The van der Waals surface area contributed by atoms with Crippen LogP contribution in [0.2, 0.25) is 0 Å². The fourth-order valence-corrected chi connectivity index (χ4v) is 3.12. The third-order valence-electron chi connectivity index (χ3n) is 4.64. The molecule has 0 aliphatic carbocycles. The van der Waals surface area contributed by atoms with Gasteiger partial charge in [-0.3, -0.25) is 9.97 Å². The van der Waals surface area contributed by atoms with Crippen LogP contribution in [0.4, 0.5) is 0 Å². The standard InChI is InChI=1S/C23H22N4.2BrH/c1(14-26-16-6-22(7-17-26)20-2-10-24-11-3-20)15-27-18-8-23(9-19-27)21-4-12-25-13-5-21;;/h2-13,16-19H,1,14-15H2;2*1H/q+2;;/p-2. The van der Waals surface area contributed by atoms with E-state index in [-0.39, 0.29) is 34.0 Å². The molecule has 0 radical (unpaired) electrons. The summed E-state index contributed by atoms with van der Waals surface area (Å²) in [5.41, 5.74) is 4.83. The molecule has 0 N–H and O–H groups in total.